The molecule has 0 spiro atoms. The molecule has 6 nitrogen and oxygen atoms in total. The van der Waals surface area contributed by atoms with Gasteiger partial charge in [0.1, 0.15) is 33.1 Å². The molecular weight excluding hydrogens is 348 g/mol. The van der Waals surface area contributed by atoms with E-state index in [2.05, 4.69) is 17.9 Å². The monoisotopic (exact) mass is 368 g/mol. The summed E-state index contributed by atoms with van der Waals surface area (Å²) in [5.74, 6) is 2.75. The summed E-state index contributed by atoms with van der Waals surface area (Å²) >= 11 is 1.39. The molecule has 3 aromatic rings. The molecule has 0 radical (unpaired) electrons. The number of aromatic nitrogens is 2. The van der Waals surface area contributed by atoms with Crippen LogP contribution in [-0.4, -0.2) is 37.8 Å². The van der Waals surface area contributed by atoms with Crippen LogP contribution in [-0.2, 0) is 0 Å². The topological polar surface area (TPSA) is 71.3 Å². The van der Waals surface area contributed by atoms with Crippen molar-refractivity contribution < 1.29 is 9.47 Å². The molecule has 7 heteroatoms. The number of rotatable bonds is 5. The molecule has 134 valence electrons. The fourth-order valence-corrected chi connectivity index (χ4v) is 3.69. The smallest absolute Gasteiger partial charge is 0.163 e. The van der Waals surface area contributed by atoms with Crippen molar-refractivity contribution in [2.45, 2.75) is 13.8 Å². The highest BCUT2D eigenvalue weighted by Crippen LogP contribution is 2.37. The van der Waals surface area contributed by atoms with E-state index < -0.39 is 0 Å². The highest BCUT2D eigenvalue weighted by molar-refractivity contribution is 7.19. The molecule has 0 aliphatic rings. The fourth-order valence-electron chi connectivity index (χ4n) is 2.72. The van der Waals surface area contributed by atoms with Crippen molar-refractivity contribution >= 4 is 27.4 Å². The van der Waals surface area contributed by atoms with Crippen molar-refractivity contribution in [3.05, 3.63) is 28.6 Å². The molecule has 0 unspecified atom stereocenters. The summed E-state index contributed by atoms with van der Waals surface area (Å²) in [7, 11) is 5.21. The SMILES string of the molecule is CCN(C)c1nc(-c2cc(OC)cc(OC)c2)nc2sc(C#N)c(C)c12. The molecule has 0 saturated carbocycles. The van der Waals surface area contributed by atoms with E-state index >= 15 is 0 Å². The van der Waals surface area contributed by atoms with Gasteiger partial charge >= 0.3 is 0 Å². The first kappa shape index (κ1) is 18.0. The van der Waals surface area contributed by atoms with Gasteiger partial charge in [-0.25, -0.2) is 9.97 Å². The van der Waals surface area contributed by atoms with Crippen molar-refractivity contribution in [2.24, 2.45) is 0 Å². The first-order chi connectivity index (χ1) is 12.5. The van der Waals surface area contributed by atoms with Gasteiger partial charge < -0.3 is 14.4 Å². The Labute approximate surface area is 156 Å². The lowest BCUT2D eigenvalue weighted by molar-refractivity contribution is 0.394. The van der Waals surface area contributed by atoms with Crippen LogP contribution in [0.3, 0.4) is 0 Å². The Kier molecular flexibility index (Phi) is 4.96. The number of ether oxygens (including phenoxy) is 2. The lowest BCUT2D eigenvalue weighted by atomic mass is 10.1. The maximum Gasteiger partial charge on any atom is 0.163 e. The summed E-state index contributed by atoms with van der Waals surface area (Å²) in [5.41, 5.74) is 1.73. The lowest BCUT2D eigenvalue weighted by Crippen LogP contribution is -2.18. The van der Waals surface area contributed by atoms with Crippen molar-refractivity contribution in [1.29, 1.82) is 5.26 Å². The lowest BCUT2D eigenvalue weighted by Gasteiger charge is -2.18. The van der Waals surface area contributed by atoms with E-state index in [9.17, 15) is 5.26 Å². The van der Waals surface area contributed by atoms with Crippen LogP contribution in [0, 0.1) is 18.3 Å². The van der Waals surface area contributed by atoms with E-state index in [0.717, 1.165) is 33.7 Å². The van der Waals surface area contributed by atoms with Crippen molar-refractivity contribution in [3.8, 4) is 29.0 Å². The quantitative estimate of drug-likeness (QED) is 0.677. The van der Waals surface area contributed by atoms with Crippen LogP contribution >= 0.6 is 11.3 Å². The van der Waals surface area contributed by atoms with Crippen LogP contribution in [0.1, 0.15) is 17.4 Å². The molecule has 0 aliphatic heterocycles. The summed E-state index contributed by atoms with van der Waals surface area (Å²) < 4.78 is 10.7. The Morgan fingerprint density at radius 1 is 1.15 bits per heavy atom. The summed E-state index contributed by atoms with van der Waals surface area (Å²) in [4.78, 5) is 13.1. The summed E-state index contributed by atoms with van der Waals surface area (Å²) in [5, 5.41) is 10.3. The number of thiophene rings is 1. The van der Waals surface area contributed by atoms with Crippen LogP contribution in [0.4, 0.5) is 5.82 Å². The standard InChI is InChI=1S/C19H20N4O2S/c1-6-23(3)18-16-11(2)15(10-20)26-19(16)22-17(21-18)12-7-13(24-4)9-14(8-12)25-5/h7-9H,6H2,1-5H3. The van der Waals surface area contributed by atoms with Crippen molar-refractivity contribution in [3.63, 3.8) is 0 Å². The summed E-state index contributed by atoms with van der Waals surface area (Å²) in [6.07, 6.45) is 0. The van der Waals surface area contributed by atoms with Crippen LogP contribution in [0.2, 0.25) is 0 Å². The van der Waals surface area contributed by atoms with Gasteiger partial charge in [-0.05, 0) is 31.5 Å². The third kappa shape index (κ3) is 3.04. The van der Waals surface area contributed by atoms with Crippen molar-refractivity contribution in [2.75, 3.05) is 32.7 Å². The molecule has 0 aliphatic carbocycles. The highest BCUT2D eigenvalue weighted by Gasteiger charge is 2.19. The van der Waals surface area contributed by atoms with Crippen LogP contribution in [0.25, 0.3) is 21.6 Å². The number of anilines is 1. The predicted octanol–water partition coefficient (Wildman–Crippen LogP) is 4.01. The zero-order valence-corrected chi connectivity index (χ0v) is 16.3. The Morgan fingerprint density at radius 3 is 2.35 bits per heavy atom. The number of benzene rings is 1. The van der Waals surface area contributed by atoms with Gasteiger partial charge in [0.05, 0.1) is 19.6 Å². The number of nitriles is 1. The fraction of sp³-hybridized carbons (Fsp3) is 0.316. The van der Waals surface area contributed by atoms with Gasteiger partial charge in [0.15, 0.2) is 5.82 Å². The second-order valence-corrected chi connectivity index (χ2v) is 6.83. The Hall–Kier alpha value is -2.85. The molecule has 0 N–H and O–H groups in total. The van der Waals surface area contributed by atoms with E-state index in [0.29, 0.717) is 22.2 Å². The Bertz CT molecular complexity index is 985. The second-order valence-electron chi connectivity index (χ2n) is 5.83. The normalized spacial score (nSPS) is 10.6. The number of hydrogen-bond acceptors (Lipinski definition) is 7. The molecule has 0 saturated heterocycles. The minimum atomic E-state index is 0.579. The molecule has 2 heterocycles. The highest BCUT2D eigenvalue weighted by atomic mass is 32.1. The van der Waals surface area contributed by atoms with E-state index in [-0.39, 0.29) is 0 Å². The van der Waals surface area contributed by atoms with E-state index in [1.54, 1.807) is 14.2 Å². The van der Waals surface area contributed by atoms with E-state index in [1.807, 2.05) is 32.2 Å². The molecule has 0 bridgehead atoms. The van der Waals surface area contributed by atoms with E-state index in [4.69, 9.17) is 19.4 Å². The maximum atomic E-state index is 9.39. The second kappa shape index (κ2) is 7.18. The van der Waals surface area contributed by atoms with Crippen LogP contribution < -0.4 is 14.4 Å². The van der Waals surface area contributed by atoms with Crippen LogP contribution in [0.15, 0.2) is 18.2 Å². The van der Waals surface area contributed by atoms with E-state index in [1.165, 1.54) is 11.3 Å². The van der Waals surface area contributed by atoms with Gasteiger partial charge in [-0.3, -0.25) is 0 Å². The van der Waals surface area contributed by atoms with Gasteiger partial charge in [-0.1, -0.05) is 0 Å². The summed E-state index contributed by atoms with van der Waals surface area (Å²) in [6.45, 7) is 4.81. The third-order valence-electron chi connectivity index (χ3n) is 4.32. The van der Waals surface area contributed by atoms with Crippen molar-refractivity contribution in [1.82, 2.24) is 9.97 Å². The van der Waals surface area contributed by atoms with Gasteiger partial charge in [0.2, 0.25) is 0 Å². The number of aryl methyl sites for hydroxylation is 1. The van der Waals surface area contributed by atoms with Gasteiger partial charge in [0, 0.05) is 25.2 Å². The molecule has 0 amide bonds. The predicted molar refractivity (Wildman–Crippen MR) is 104 cm³/mol. The molecular formula is C19H20N4O2S. The molecule has 2 aromatic heterocycles. The minimum Gasteiger partial charge on any atom is -0.497 e. The van der Waals surface area contributed by atoms with Gasteiger partial charge in [-0.2, -0.15) is 5.26 Å². The summed E-state index contributed by atoms with van der Waals surface area (Å²) in [6, 6.07) is 7.83. The first-order valence-electron chi connectivity index (χ1n) is 8.18. The van der Waals surface area contributed by atoms with Crippen LogP contribution in [0.5, 0.6) is 11.5 Å². The van der Waals surface area contributed by atoms with Gasteiger partial charge in [0.25, 0.3) is 0 Å². The van der Waals surface area contributed by atoms with Gasteiger partial charge in [-0.15, -0.1) is 11.3 Å². The maximum absolute atomic E-state index is 9.39. The molecule has 3 rings (SSSR count). The average molecular weight is 368 g/mol. The molecule has 1 aromatic carbocycles. The molecule has 26 heavy (non-hydrogen) atoms. The Morgan fingerprint density at radius 2 is 1.81 bits per heavy atom. The third-order valence-corrected chi connectivity index (χ3v) is 5.41. The number of fused-ring (bicyclic) bond motifs is 1. The number of nitrogens with zero attached hydrogens (tertiary/aromatic N) is 4. The number of methoxy groups -OCH3 is 2. The molecule has 0 fully saturated rings. The average Bonchev–Trinajstić information content (AvgIpc) is 3.01. The first-order valence-corrected chi connectivity index (χ1v) is 8.99. The minimum absolute atomic E-state index is 0.579. The number of hydrogen-bond donors (Lipinski definition) is 0. The zero-order valence-electron chi connectivity index (χ0n) is 15.5. The zero-order chi connectivity index (χ0) is 18.8. The molecule has 0 atom stereocenters. The largest absolute Gasteiger partial charge is 0.497 e. The Balaban J connectivity index is 2.30.